The first kappa shape index (κ1) is 14.8. The highest BCUT2D eigenvalue weighted by Gasteiger charge is 2.34. The number of carbonyl (C=O) groups is 1. The number of piperidine rings is 2. The van der Waals surface area contributed by atoms with Gasteiger partial charge in [0.05, 0.1) is 5.54 Å². The highest BCUT2D eigenvalue weighted by atomic mass is 16.2. The molecule has 0 aromatic carbocycles. The zero-order valence-electron chi connectivity index (χ0n) is 12.5. The summed E-state index contributed by atoms with van der Waals surface area (Å²) >= 11 is 0. The average Bonchev–Trinajstić information content (AvgIpc) is 2.47. The van der Waals surface area contributed by atoms with Crippen LogP contribution in [0.2, 0.25) is 0 Å². The maximum absolute atomic E-state index is 12.3. The van der Waals surface area contributed by atoms with Gasteiger partial charge in [0.15, 0.2) is 0 Å². The molecule has 1 atom stereocenters. The number of hydrogen-bond donors (Lipinski definition) is 1. The van der Waals surface area contributed by atoms with Crippen LogP contribution >= 0.6 is 0 Å². The third-order valence-corrected chi connectivity index (χ3v) is 4.88. The summed E-state index contributed by atoms with van der Waals surface area (Å²) in [6, 6.07) is 0.690. The van der Waals surface area contributed by atoms with Gasteiger partial charge in [0, 0.05) is 19.1 Å². The van der Waals surface area contributed by atoms with Crippen LogP contribution in [0.25, 0.3) is 0 Å². The number of amides is 1. The molecular weight excluding hydrogens is 238 g/mol. The van der Waals surface area contributed by atoms with Crippen LogP contribution in [0.3, 0.4) is 0 Å². The van der Waals surface area contributed by atoms with Crippen LogP contribution in [-0.2, 0) is 4.79 Å². The van der Waals surface area contributed by atoms with Crippen molar-refractivity contribution in [3.05, 3.63) is 0 Å². The second kappa shape index (κ2) is 6.23. The molecule has 2 heterocycles. The smallest absolute Gasteiger partial charge is 0.242 e. The van der Waals surface area contributed by atoms with Gasteiger partial charge in [-0.2, -0.15) is 0 Å². The van der Waals surface area contributed by atoms with Crippen LogP contribution < -0.4 is 5.73 Å². The quantitative estimate of drug-likeness (QED) is 0.845. The van der Waals surface area contributed by atoms with Crippen molar-refractivity contribution in [1.29, 1.82) is 0 Å². The number of carbonyl (C=O) groups excluding carboxylic acids is 1. The lowest BCUT2D eigenvalue weighted by atomic mass is 9.95. The van der Waals surface area contributed by atoms with Gasteiger partial charge in [-0.05, 0) is 52.1 Å². The minimum absolute atomic E-state index is 0.132. The summed E-state index contributed by atoms with van der Waals surface area (Å²) in [7, 11) is 0. The second-order valence-electron chi connectivity index (χ2n) is 6.39. The van der Waals surface area contributed by atoms with Gasteiger partial charge in [0.1, 0.15) is 0 Å². The van der Waals surface area contributed by atoms with Crippen LogP contribution in [0.4, 0.5) is 0 Å². The molecular formula is C15H29N3O. The lowest BCUT2D eigenvalue weighted by Gasteiger charge is -2.41. The Labute approximate surface area is 117 Å². The summed E-state index contributed by atoms with van der Waals surface area (Å²) in [4.78, 5) is 16.9. The Hall–Kier alpha value is -0.610. The van der Waals surface area contributed by atoms with Gasteiger partial charge < -0.3 is 15.5 Å². The summed E-state index contributed by atoms with van der Waals surface area (Å²) < 4.78 is 0. The van der Waals surface area contributed by atoms with E-state index < -0.39 is 5.54 Å². The van der Waals surface area contributed by atoms with Gasteiger partial charge in [0.25, 0.3) is 0 Å². The van der Waals surface area contributed by atoms with Crippen LogP contribution in [0.15, 0.2) is 0 Å². The van der Waals surface area contributed by atoms with E-state index in [2.05, 4.69) is 4.90 Å². The van der Waals surface area contributed by atoms with Crippen LogP contribution in [0.5, 0.6) is 0 Å². The fourth-order valence-electron chi connectivity index (χ4n) is 3.23. The lowest BCUT2D eigenvalue weighted by molar-refractivity contribution is -0.138. The van der Waals surface area contributed by atoms with Crippen molar-refractivity contribution in [2.24, 2.45) is 5.73 Å². The molecule has 19 heavy (non-hydrogen) atoms. The second-order valence-corrected chi connectivity index (χ2v) is 6.39. The van der Waals surface area contributed by atoms with E-state index in [-0.39, 0.29) is 5.91 Å². The van der Waals surface area contributed by atoms with Crippen molar-refractivity contribution in [2.75, 3.05) is 26.2 Å². The number of rotatable bonds is 3. The van der Waals surface area contributed by atoms with E-state index in [1.54, 1.807) is 0 Å². The molecule has 0 aromatic rings. The van der Waals surface area contributed by atoms with E-state index >= 15 is 0 Å². The minimum atomic E-state index is -0.683. The van der Waals surface area contributed by atoms with Gasteiger partial charge in [-0.25, -0.2) is 0 Å². The molecule has 4 nitrogen and oxygen atoms in total. The molecule has 1 amide bonds. The highest BCUT2D eigenvalue weighted by Crippen LogP contribution is 2.22. The van der Waals surface area contributed by atoms with Crippen molar-refractivity contribution in [1.82, 2.24) is 9.80 Å². The Kier molecular flexibility index (Phi) is 4.85. The average molecular weight is 267 g/mol. The SMILES string of the molecule is CCC(C)(N)C(=O)N1CCC(N2CCCCC2)CC1. The first-order chi connectivity index (χ1) is 9.04. The summed E-state index contributed by atoms with van der Waals surface area (Å²) in [6.45, 7) is 8.11. The molecule has 2 N–H and O–H groups in total. The number of nitrogens with two attached hydrogens (primary N) is 1. The van der Waals surface area contributed by atoms with Crippen molar-refractivity contribution >= 4 is 5.91 Å². The molecule has 0 spiro atoms. The molecule has 2 aliphatic heterocycles. The monoisotopic (exact) mass is 267 g/mol. The molecule has 0 aromatic heterocycles. The van der Waals surface area contributed by atoms with E-state index in [1.807, 2.05) is 18.7 Å². The maximum atomic E-state index is 12.3. The number of hydrogen-bond acceptors (Lipinski definition) is 3. The summed E-state index contributed by atoms with van der Waals surface area (Å²) in [5.41, 5.74) is 5.38. The predicted molar refractivity (Wildman–Crippen MR) is 77.9 cm³/mol. The molecule has 0 saturated carbocycles. The largest absolute Gasteiger partial charge is 0.341 e. The van der Waals surface area contributed by atoms with E-state index in [1.165, 1.54) is 32.4 Å². The molecule has 4 heteroatoms. The minimum Gasteiger partial charge on any atom is -0.341 e. The predicted octanol–water partition coefficient (Wildman–Crippen LogP) is 1.59. The van der Waals surface area contributed by atoms with E-state index in [0.29, 0.717) is 12.5 Å². The highest BCUT2D eigenvalue weighted by molar-refractivity contribution is 5.85. The Balaban J connectivity index is 1.83. The third kappa shape index (κ3) is 3.48. The van der Waals surface area contributed by atoms with E-state index in [0.717, 1.165) is 25.9 Å². The fourth-order valence-corrected chi connectivity index (χ4v) is 3.23. The zero-order chi connectivity index (χ0) is 13.9. The van der Waals surface area contributed by atoms with E-state index in [9.17, 15) is 4.79 Å². The molecule has 110 valence electrons. The summed E-state index contributed by atoms with van der Waals surface area (Å²) in [6.07, 6.45) is 7.01. The first-order valence-electron chi connectivity index (χ1n) is 7.87. The molecule has 2 rings (SSSR count). The van der Waals surface area contributed by atoms with Crippen molar-refractivity contribution in [2.45, 2.75) is 64.0 Å². The van der Waals surface area contributed by atoms with Gasteiger partial charge in [0.2, 0.25) is 5.91 Å². The molecule has 2 fully saturated rings. The first-order valence-corrected chi connectivity index (χ1v) is 7.87. The van der Waals surface area contributed by atoms with Crippen LogP contribution in [-0.4, -0.2) is 53.5 Å². The Morgan fingerprint density at radius 1 is 1.16 bits per heavy atom. The zero-order valence-corrected chi connectivity index (χ0v) is 12.5. The third-order valence-electron chi connectivity index (χ3n) is 4.88. The normalized spacial score (nSPS) is 26.2. The van der Waals surface area contributed by atoms with Gasteiger partial charge in [-0.1, -0.05) is 13.3 Å². The standard InChI is InChI=1S/C15H29N3O/c1-3-15(2,16)14(19)18-11-7-13(8-12-18)17-9-5-4-6-10-17/h13H,3-12,16H2,1-2H3. The van der Waals surface area contributed by atoms with Crippen molar-refractivity contribution in [3.63, 3.8) is 0 Å². The van der Waals surface area contributed by atoms with Crippen molar-refractivity contribution in [3.8, 4) is 0 Å². The maximum Gasteiger partial charge on any atom is 0.242 e. The molecule has 2 aliphatic rings. The Bertz CT molecular complexity index is 303. The van der Waals surface area contributed by atoms with E-state index in [4.69, 9.17) is 5.73 Å². The van der Waals surface area contributed by atoms with Crippen LogP contribution in [0.1, 0.15) is 52.4 Å². The van der Waals surface area contributed by atoms with Crippen LogP contribution in [0, 0.1) is 0 Å². The molecule has 0 bridgehead atoms. The van der Waals surface area contributed by atoms with Crippen molar-refractivity contribution < 1.29 is 4.79 Å². The molecule has 2 saturated heterocycles. The number of nitrogens with zero attached hydrogens (tertiary/aromatic N) is 2. The van der Waals surface area contributed by atoms with Gasteiger partial charge in [-0.15, -0.1) is 0 Å². The Morgan fingerprint density at radius 3 is 2.26 bits per heavy atom. The van der Waals surface area contributed by atoms with Gasteiger partial charge >= 0.3 is 0 Å². The topological polar surface area (TPSA) is 49.6 Å². The number of likely N-dealkylation sites (tertiary alicyclic amines) is 2. The van der Waals surface area contributed by atoms with Gasteiger partial charge in [-0.3, -0.25) is 4.79 Å². The fraction of sp³-hybridized carbons (Fsp3) is 0.933. The Morgan fingerprint density at radius 2 is 1.74 bits per heavy atom. The molecule has 0 aliphatic carbocycles. The summed E-state index contributed by atoms with van der Waals surface area (Å²) in [5.74, 6) is 0.132. The molecule has 0 radical (unpaired) electrons. The molecule has 1 unspecified atom stereocenters. The lowest BCUT2D eigenvalue weighted by Crippen LogP contribution is -2.56. The summed E-state index contributed by atoms with van der Waals surface area (Å²) in [5, 5.41) is 0.